The summed E-state index contributed by atoms with van der Waals surface area (Å²) in [7, 11) is -0.751. The number of carbonyl (C=O) groups excluding carboxylic acids is 1. The minimum absolute atomic E-state index is 0.101. The van der Waals surface area contributed by atoms with Crippen molar-refractivity contribution in [3.63, 3.8) is 0 Å². The number of sulfonamides is 1. The zero-order valence-electron chi connectivity index (χ0n) is 22.3. The van der Waals surface area contributed by atoms with E-state index in [1.165, 1.54) is 28.6 Å². The lowest BCUT2D eigenvalue weighted by molar-refractivity contribution is -0.132. The van der Waals surface area contributed by atoms with E-state index in [1.807, 2.05) is 44.2 Å². The van der Waals surface area contributed by atoms with Crippen LogP contribution >= 0.6 is 11.6 Å². The number of carbonyl (C=O) groups is 1. The quantitative estimate of drug-likeness (QED) is 0.264. The highest BCUT2D eigenvalue weighted by molar-refractivity contribution is 7.89. The molecule has 0 N–H and O–H groups in total. The van der Waals surface area contributed by atoms with Crippen LogP contribution in [0.3, 0.4) is 0 Å². The van der Waals surface area contributed by atoms with E-state index in [9.17, 15) is 13.2 Å². The summed E-state index contributed by atoms with van der Waals surface area (Å²) >= 11 is 5.96. The predicted octanol–water partition coefficient (Wildman–Crippen LogP) is 5.32. The van der Waals surface area contributed by atoms with Crippen molar-refractivity contribution >= 4 is 27.5 Å². The number of nitrogens with zero attached hydrogens (tertiary/aromatic N) is 2. The van der Waals surface area contributed by atoms with E-state index in [1.54, 1.807) is 19.1 Å². The minimum Gasteiger partial charge on any atom is -0.493 e. The molecule has 0 fully saturated rings. The van der Waals surface area contributed by atoms with Crippen LogP contribution in [0.1, 0.15) is 36.8 Å². The summed E-state index contributed by atoms with van der Waals surface area (Å²) in [5.74, 6) is 2.28. The van der Waals surface area contributed by atoms with Gasteiger partial charge in [0.25, 0.3) is 0 Å². The molecule has 0 spiro atoms. The zero-order chi connectivity index (χ0) is 27.7. The Morgan fingerprint density at radius 1 is 0.974 bits per heavy atom. The molecule has 0 bridgehead atoms. The Morgan fingerprint density at radius 3 is 2.29 bits per heavy atom. The van der Waals surface area contributed by atoms with Gasteiger partial charge in [-0.2, -0.15) is 4.31 Å². The molecule has 0 aliphatic rings. The molecule has 206 valence electrons. The normalized spacial score (nSPS) is 11.5. The Labute approximate surface area is 230 Å². The summed E-state index contributed by atoms with van der Waals surface area (Å²) in [4.78, 5) is 15.3. The van der Waals surface area contributed by atoms with Crippen LogP contribution in [-0.2, 0) is 27.8 Å². The Kier molecular flexibility index (Phi) is 10.6. The van der Waals surface area contributed by atoms with Crippen LogP contribution in [-0.4, -0.2) is 57.4 Å². The number of halogens is 1. The maximum atomic E-state index is 13.6. The van der Waals surface area contributed by atoms with Gasteiger partial charge in [0.2, 0.25) is 15.9 Å². The Morgan fingerprint density at radius 2 is 1.68 bits per heavy atom. The third kappa shape index (κ3) is 7.75. The molecule has 1 heterocycles. The van der Waals surface area contributed by atoms with E-state index >= 15 is 0 Å². The molecule has 0 aliphatic heterocycles. The smallest absolute Gasteiger partial charge is 0.243 e. The van der Waals surface area contributed by atoms with Gasteiger partial charge in [-0.3, -0.25) is 4.79 Å². The van der Waals surface area contributed by atoms with E-state index in [2.05, 4.69) is 0 Å². The van der Waals surface area contributed by atoms with Crippen LogP contribution in [0.15, 0.2) is 63.9 Å². The van der Waals surface area contributed by atoms with Crippen molar-refractivity contribution in [3.8, 4) is 11.5 Å². The molecule has 0 saturated carbocycles. The number of hydrogen-bond donors (Lipinski definition) is 0. The zero-order valence-corrected chi connectivity index (χ0v) is 23.8. The summed E-state index contributed by atoms with van der Waals surface area (Å²) in [5, 5.41) is 0.440. The number of ether oxygens (including phenoxy) is 2. The van der Waals surface area contributed by atoms with Crippen molar-refractivity contribution in [3.05, 3.63) is 76.7 Å². The van der Waals surface area contributed by atoms with Gasteiger partial charge in [-0.15, -0.1) is 0 Å². The topological polar surface area (TPSA) is 89.3 Å². The summed E-state index contributed by atoms with van der Waals surface area (Å²) in [5.41, 5.74) is 0.952. The summed E-state index contributed by atoms with van der Waals surface area (Å²) in [6.07, 6.45) is 1.95. The van der Waals surface area contributed by atoms with E-state index in [0.29, 0.717) is 41.7 Å². The molecule has 0 unspecified atom stereocenters. The van der Waals surface area contributed by atoms with E-state index in [4.69, 9.17) is 25.5 Å². The van der Waals surface area contributed by atoms with Crippen molar-refractivity contribution in [2.24, 2.45) is 0 Å². The van der Waals surface area contributed by atoms with Crippen LogP contribution in [0, 0.1) is 6.92 Å². The lowest BCUT2D eigenvalue weighted by Crippen LogP contribution is -2.43. The first-order valence-corrected chi connectivity index (χ1v) is 14.3. The number of unbranched alkanes of at least 4 members (excludes halogenated alkanes) is 1. The Balaban J connectivity index is 1.84. The first-order valence-electron chi connectivity index (χ1n) is 12.5. The fraction of sp³-hybridized carbons (Fsp3) is 0.393. The van der Waals surface area contributed by atoms with Gasteiger partial charge in [0.15, 0.2) is 11.5 Å². The molecule has 10 heteroatoms. The Hall–Kier alpha value is -3.01. The van der Waals surface area contributed by atoms with Gasteiger partial charge in [0.05, 0.1) is 32.2 Å². The molecule has 3 aromatic rings. The highest BCUT2D eigenvalue weighted by Crippen LogP contribution is 2.28. The summed E-state index contributed by atoms with van der Waals surface area (Å²) in [6, 6.07) is 15.3. The molecule has 0 aliphatic carbocycles. The fourth-order valence-electron chi connectivity index (χ4n) is 3.98. The molecule has 8 nitrogen and oxygen atoms in total. The van der Waals surface area contributed by atoms with E-state index < -0.39 is 10.0 Å². The molecule has 3 rings (SSSR count). The monoisotopic (exact) mass is 562 g/mol. The van der Waals surface area contributed by atoms with Gasteiger partial charge < -0.3 is 18.8 Å². The lowest BCUT2D eigenvalue weighted by atomic mass is 10.1. The number of furan rings is 1. The molecule has 1 aromatic heterocycles. The molecular weight excluding hydrogens is 528 g/mol. The number of hydrogen-bond acceptors (Lipinski definition) is 6. The number of aryl methyl sites for hydroxylation is 1. The third-order valence-electron chi connectivity index (χ3n) is 6.14. The number of benzene rings is 2. The Bertz CT molecular complexity index is 1310. The van der Waals surface area contributed by atoms with E-state index in [0.717, 1.165) is 17.7 Å². The van der Waals surface area contributed by atoms with Crippen LogP contribution in [0.5, 0.6) is 11.5 Å². The SMILES string of the molecule is CCCCN(CC(=O)N(CCc1ccc(OC)c(OC)c1)Cc1ccc(C)o1)S(=O)(=O)c1ccc(Cl)cc1. The van der Waals surface area contributed by atoms with Crippen LogP contribution < -0.4 is 9.47 Å². The summed E-state index contributed by atoms with van der Waals surface area (Å²) < 4.78 is 44.6. The molecule has 1 amide bonds. The van der Waals surface area contributed by atoms with Gasteiger partial charge in [0.1, 0.15) is 11.5 Å². The molecule has 0 atom stereocenters. The van der Waals surface area contributed by atoms with Crippen molar-refractivity contribution < 1.29 is 27.1 Å². The van der Waals surface area contributed by atoms with Crippen molar-refractivity contribution in [1.82, 2.24) is 9.21 Å². The minimum atomic E-state index is -3.90. The first kappa shape index (κ1) is 29.5. The average Bonchev–Trinajstić information content (AvgIpc) is 3.33. The average molecular weight is 563 g/mol. The maximum absolute atomic E-state index is 13.6. The molecular formula is C28H35ClN2O6S. The summed E-state index contributed by atoms with van der Waals surface area (Å²) in [6.45, 7) is 4.35. The van der Waals surface area contributed by atoms with Gasteiger partial charge in [-0.1, -0.05) is 31.0 Å². The van der Waals surface area contributed by atoms with E-state index in [-0.39, 0.29) is 30.4 Å². The standard InChI is InChI=1S/C28H35ClN2O6S/c1-5-6-16-31(38(33,34)25-12-9-23(29)10-13-25)20-28(32)30(19-24-11-7-21(2)37-24)17-15-22-8-14-26(35-3)27(18-22)36-4/h7-14,18H,5-6,15-17,19-20H2,1-4H3. The first-order chi connectivity index (χ1) is 18.2. The van der Waals surface area contributed by atoms with Crippen molar-refractivity contribution in [2.75, 3.05) is 33.9 Å². The lowest BCUT2D eigenvalue weighted by Gasteiger charge is -2.27. The number of methoxy groups -OCH3 is 2. The maximum Gasteiger partial charge on any atom is 0.243 e. The second kappa shape index (κ2) is 13.7. The highest BCUT2D eigenvalue weighted by atomic mass is 35.5. The number of amides is 1. The predicted molar refractivity (Wildman–Crippen MR) is 147 cm³/mol. The molecule has 0 saturated heterocycles. The second-order valence-corrected chi connectivity index (χ2v) is 11.3. The largest absolute Gasteiger partial charge is 0.493 e. The van der Waals surface area contributed by atoms with Gasteiger partial charge in [0, 0.05) is 18.1 Å². The van der Waals surface area contributed by atoms with Crippen LogP contribution in [0.25, 0.3) is 0 Å². The number of rotatable bonds is 14. The van der Waals surface area contributed by atoms with Crippen LogP contribution in [0.4, 0.5) is 0 Å². The molecule has 2 aromatic carbocycles. The fourth-order valence-corrected chi connectivity index (χ4v) is 5.53. The highest BCUT2D eigenvalue weighted by Gasteiger charge is 2.28. The van der Waals surface area contributed by atoms with Crippen molar-refractivity contribution in [2.45, 2.75) is 44.6 Å². The van der Waals surface area contributed by atoms with Gasteiger partial charge >= 0.3 is 0 Å². The second-order valence-electron chi connectivity index (χ2n) is 8.91. The molecule has 0 radical (unpaired) electrons. The third-order valence-corrected chi connectivity index (χ3v) is 8.25. The van der Waals surface area contributed by atoms with Gasteiger partial charge in [-0.25, -0.2) is 8.42 Å². The molecule has 38 heavy (non-hydrogen) atoms. The van der Waals surface area contributed by atoms with Gasteiger partial charge in [-0.05, 0) is 73.9 Å². The van der Waals surface area contributed by atoms with Crippen molar-refractivity contribution in [1.29, 1.82) is 0 Å². The van der Waals surface area contributed by atoms with Crippen LogP contribution in [0.2, 0.25) is 5.02 Å².